The second-order valence-corrected chi connectivity index (χ2v) is 16.0. The van der Waals surface area contributed by atoms with Gasteiger partial charge in [-0.25, -0.2) is 0 Å². The maximum absolute atomic E-state index is 5.95. The SMILES string of the molecule is C#C/C=C\C(=C(/C)c1ccccc1-n1c2c(c3c4sc5ccccc5c4ccc31)C=CCC2)n1c2ccccc2c2c3sc4ccccc4c3ccc21. The highest BCUT2D eigenvalue weighted by Crippen LogP contribution is 2.47. The van der Waals surface area contributed by atoms with Crippen LogP contribution in [0, 0.1) is 12.3 Å². The minimum absolute atomic E-state index is 0.992. The molecule has 11 rings (SSSR count). The van der Waals surface area contributed by atoms with Crippen molar-refractivity contribution in [1.29, 1.82) is 0 Å². The Bertz CT molecular complexity index is 3310. The molecule has 2 nitrogen and oxygen atoms in total. The Balaban J connectivity index is 1.22. The molecule has 10 aromatic rings. The molecular weight excluding hydrogens is 681 g/mol. The molecule has 4 aromatic heterocycles. The molecule has 0 saturated carbocycles. The third-order valence-electron chi connectivity index (χ3n) is 11.1. The van der Waals surface area contributed by atoms with Crippen LogP contribution in [0.2, 0.25) is 0 Å². The second-order valence-electron chi connectivity index (χ2n) is 13.9. The number of hydrogen-bond donors (Lipinski definition) is 0. The molecule has 0 N–H and O–H groups in total. The summed E-state index contributed by atoms with van der Waals surface area (Å²) in [6, 6.07) is 44.6. The van der Waals surface area contributed by atoms with E-state index in [9.17, 15) is 0 Å². The fourth-order valence-corrected chi connectivity index (χ4v) is 11.4. The van der Waals surface area contributed by atoms with Crippen molar-refractivity contribution in [2.45, 2.75) is 19.8 Å². The predicted octanol–water partition coefficient (Wildman–Crippen LogP) is 14.0. The first-order valence-corrected chi connectivity index (χ1v) is 19.8. The van der Waals surface area contributed by atoms with E-state index in [1.807, 2.05) is 28.7 Å². The van der Waals surface area contributed by atoms with Crippen LogP contribution in [0.1, 0.15) is 30.2 Å². The summed E-state index contributed by atoms with van der Waals surface area (Å²) in [6.45, 7) is 2.26. The molecule has 0 saturated heterocycles. The zero-order valence-electron chi connectivity index (χ0n) is 29.1. The van der Waals surface area contributed by atoms with Crippen LogP contribution in [0.5, 0.6) is 0 Å². The number of aromatic nitrogens is 2. The van der Waals surface area contributed by atoms with Crippen molar-refractivity contribution < 1.29 is 0 Å². The topological polar surface area (TPSA) is 9.86 Å². The summed E-state index contributed by atoms with van der Waals surface area (Å²) in [5, 5.41) is 9.17. The van der Waals surface area contributed by atoms with Crippen molar-refractivity contribution >= 4 is 113 Å². The number of para-hydroxylation sites is 2. The van der Waals surface area contributed by atoms with E-state index in [1.54, 1.807) is 0 Å². The summed E-state index contributed by atoms with van der Waals surface area (Å²) in [5.74, 6) is 2.81. The monoisotopic (exact) mass is 712 g/mol. The maximum Gasteiger partial charge on any atom is 0.0555 e. The zero-order chi connectivity index (χ0) is 35.2. The average molecular weight is 713 g/mol. The van der Waals surface area contributed by atoms with Gasteiger partial charge in [-0.05, 0) is 73.9 Å². The molecule has 0 spiro atoms. The first-order valence-electron chi connectivity index (χ1n) is 18.1. The molecule has 4 heteroatoms. The third kappa shape index (κ3) is 4.33. The van der Waals surface area contributed by atoms with Crippen LogP contribution in [0.15, 0.2) is 140 Å². The van der Waals surface area contributed by atoms with Crippen LogP contribution in [-0.2, 0) is 6.42 Å². The molecular formula is C49H32N2S2. The maximum atomic E-state index is 5.95. The van der Waals surface area contributed by atoms with E-state index in [2.05, 4.69) is 162 Å². The van der Waals surface area contributed by atoms with Crippen molar-refractivity contribution in [3.8, 4) is 18.0 Å². The normalized spacial score (nSPS) is 13.7. The fourth-order valence-electron chi connectivity index (χ4n) is 8.87. The molecule has 0 unspecified atom stereocenters. The van der Waals surface area contributed by atoms with E-state index in [4.69, 9.17) is 6.42 Å². The lowest BCUT2D eigenvalue weighted by Crippen LogP contribution is -2.06. The Kier molecular flexibility index (Phi) is 6.73. The molecule has 6 aromatic carbocycles. The van der Waals surface area contributed by atoms with Gasteiger partial charge in [0.25, 0.3) is 0 Å². The number of thiophene rings is 2. The van der Waals surface area contributed by atoms with Gasteiger partial charge in [-0.1, -0.05) is 103 Å². The Labute approximate surface area is 314 Å². The van der Waals surface area contributed by atoms with Crippen molar-refractivity contribution in [3.63, 3.8) is 0 Å². The predicted molar refractivity (Wildman–Crippen MR) is 233 cm³/mol. The van der Waals surface area contributed by atoms with Gasteiger partial charge in [-0.2, -0.15) is 0 Å². The molecule has 1 aliphatic carbocycles. The van der Waals surface area contributed by atoms with Gasteiger partial charge >= 0.3 is 0 Å². The molecule has 0 fully saturated rings. The number of rotatable bonds is 4. The first-order chi connectivity index (χ1) is 26.2. The summed E-state index contributed by atoms with van der Waals surface area (Å²) in [4.78, 5) is 0. The molecule has 4 heterocycles. The standard InChI is InChI=1S/C49H32N2S2/c1-3-4-20-38(50-40-22-11-6-18-36(40)46-42(50)28-26-34-32-16-8-13-24-44(32)52-48(34)46)30(2)31-15-5-10-21-39(31)51-41-23-12-7-19-37(41)47-43(51)29-27-35-33-17-9-14-25-45(33)53-49(35)47/h1,4-11,13-22,24-29H,12,23H2,2H3/b20-4-,38-30-. The first kappa shape index (κ1) is 30.5. The minimum Gasteiger partial charge on any atom is -0.312 e. The van der Waals surface area contributed by atoms with Gasteiger partial charge in [-0.3, -0.25) is 0 Å². The molecule has 0 aliphatic heterocycles. The number of nitrogens with zero attached hydrogens (tertiary/aromatic N) is 2. The lowest BCUT2D eigenvalue weighted by atomic mass is 10.00. The van der Waals surface area contributed by atoms with E-state index in [-0.39, 0.29) is 0 Å². The van der Waals surface area contributed by atoms with E-state index in [0.717, 1.165) is 24.1 Å². The zero-order valence-corrected chi connectivity index (χ0v) is 30.7. The van der Waals surface area contributed by atoms with Crippen LogP contribution in [0.25, 0.3) is 96.1 Å². The quantitative estimate of drug-likeness (QED) is 0.127. The Morgan fingerprint density at radius 3 is 2.06 bits per heavy atom. The summed E-state index contributed by atoms with van der Waals surface area (Å²) >= 11 is 3.79. The lowest BCUT2D eigenvalue weighted by molar-refractivity contribution is 0.887. The van der Waals surface area contributed by atoms with E-state index >= 15 is 0 Å². The molecule has 0 amide bonds. The largest absolute Gasteiger partial charge is 0.312 e. The van der Waals surface area contributed by atoms with Crippen LogP contribution in [0.4, 0.5) is 0 Å². The van der Waals surface area contributed by atoms with Crippen LogP contribution >= 0.6 is 22.7 Å². The highest BCUT2D eigenvalue weighted by Gasteiger charge is 2.25. The summed E-state index contributed by atoms with van der Waals surface area (Å²) in [7, 11) is 0. The van der Waals surface area contributed by atoms with Gasteiger partial charge < -0.3 is 9.13 Å². The van der Waals surface area contributed by atoms with Crippen molar-refractivity contribution in [3.05, 3.63) is 156 Å². The number of allylic oxidation sites excluding steroid dienone is 5. The Hall–Kier alpha value is -6.12. The number of terminal acetylenes is 1. The van der Waals surface area contributed by atoms with Crippen molar-refractivity contribution in [2.75, 3.05) is 0 Å². The molecule has 0 radical (unpaired) electrons. The number of benzene rings is 6. The molecule has 250 valence electrons. The lowest BCUT2D eigenvalue weighted by Gasteiger charge is -2.20. The smallest absolute Gasteiger partial charge is 0.0555 e. The second kappa shape index (κ2) is 11.7. The van der Waals surface area contributed by atoms with Gasteiger partial charge in [0.05, 0.1) is 27.9 Å². The van der Waals surface area contributed by atoms with Gasteiger partial charge in [-0.15, -0.1) is 29.1 Å². The highest BCUT2D eigenvalue weighted by molar-refractivity contribution is 7.27. The van der Waals surface area contributed by atoms with Crippen LogP contribution in [-0.4, -0.2) is 9.13 Å². The van der Waals surface area contributed by atoms with Crippen molar-refractivity contribution in [1.82, 2.24) is 9.13 Å². The average Bonchev–Trinajstić information content (AvgIpc) is 3.95. The number of hydrogen-bond acceptors (Lipinski definition) is 2. The fraction of sp³-hybridized carbons (Fsp3) is 0.0612. The van der Waals surface area contributed by atoms with Gasteiger partial charge in [0.1, 0.15) is 0 Å². The van der Waals surface area contributed by atoms with Crippen molar-refractivity contribution in [2.24, 2.45) is 0 Å². The molecule has 1 aliphatic rings. The van der Waals surface area contributed by atoms with E-state index in [0.29, 0.717) is 0 Å². The molecule has 0 bridgehead atoms. The Morgan fingerprint density at radius 1 is 0.660 bits per heavy atom. The van der Waals surface area contributed by atoms with Crippen LogP contribution < -0.4 is 0 Å². The van der Waals surface area contributed by atoms with E-state index < -0.39 is 0 Å². The third-order valence-corrected chi connectivity index (χ3v) is 13.5. The molecule has 53 heavy (non-hydrogen) atoms. The summed E-state index contributed by atoms with van der Waals surface area (Å²) < 4.78 is 10.3. The van der Waals surface area contributed by atoms with Crippen LogP contribution in [0.3, 0.4) is 0 Å². The highest BCUT2D eigenvalue weighted by atomic mass is 32.1. The summed E-state index contributed by atoms with van der Waals surface area (Å²) in [5.41, 5.74) is 10.9. The van der Waals surface area contributed by atoms with Gasteiger partial charge in [0.15, 0.2) is 0 Å². The van der Waals surface area contributed by atoms with Gasteiger partial charge in [0, 0.05) is 73.3 Å². The van der Waals surface area contributed by atoms with Gasteiger partial charge in [0.2, 0.25) is 0 Å². The Morgan fingerprint density at radius 2 is 1.30 bits per heavy atom. The molecule has 0 atom stereocenters. The van der Waals surface area contributed by atoms with E-state index in [1.165, 1.54) is 95.6 Å². The minimum atomic E-state index is 0.992. The summed E-state index contributed by atoms with van der Waals surface area (Å²) in [6.07, 6.45) is 16.6. The number of fused-ring (bicyclic) bond motifs is 14.